The van der Waals surface area contributed by atoms with E-state index in [-0.39, 0.29) is 11.1 Å². The predicted molar refractivity (Wildman–Crippen MR) is 63.3 cm³/mol. The lowest BCUT2D eigenvalue weighted by molar-refractivity contribution is -0.120. The van der Waals surface area contributed by atoms with Gasteiger partial charge in [0.1, 0.15) is 0 Å². The maximum atomic E-state index is 10.9. The Morgan fingerprint density at radius 3 is 2.88 bits per heavy atom. The van der Waals surface area contributed by atoms with Crippen molar-refractivity contribution in [2.75, 3.05) is 19.8 Å². The van der Waals surface area contributed by atoms with Crippen molar-refractivity contribution in [1.29, 1.82) is 0 Å². The highest BCUT2D eigenvalue weighted by Gasteiger charge is 2.34. The van der Waals surface area contributed by atoms with E-state index in [1.807, 2.05) is 6.92 Å². The number of nitrogens with zero attached hydrogens (tertiary/aromatic N) is 1. The van der Waals surface area contributed by atoms with Gasteiger partial charge in [0, 0.05) is 11.5 Å². The maximum absolute atomic E-state index is 10.9. The van der Waals surface area contributed by atoms with Crippen LogP contribution in [0.4, 0.5) is 0 Å². The molecule has 0 unspecified atom stereocenters. The minimum Gasteiger partial charge on any atom is -0.477 e. The molecule has 0 bridgehead atoms. The zero-order chi connectivity index (χ0) is 12.5. The van der Waals surface area contributed by atoms with E-state index in [0.717, 1.165) is 0 Å². The molecule has 17 heavy (non-hydrogen) atoms. The van der Waals surface area contributed by atoms with Crippen molar-refractivity contribution < 1.29 is 19.4 Å². The van der Waals surface area contributed by atoms with Gasteiger partial charge in [0.05, 0.1) is 24.3 Å². The van der Waals surface area contributed by atoms with Gasteiger partial charge in [0.2, 0.25) is 5.88 Å². The number of pyridine rings is 1. The Balaban J connectivity index is 2.06. The van der Waals surface area contributed by atoms with Crippen LogP contribution < -0.4 is 4.74 Å². The lowest BCUT2D eigenvalue weighted by atomic mass is 9.90. The predicted octanol–water partition coefficient (Wildman–Crippen LogP) is 1.96. The van der Waals surface area contributed by atoms with Crippen LogP contribution in [-0.2, 0) is 4.74 Å². The van der Waals surface area contributed by atoms with Gasteiger partial charge in [-0.1, -0.05) is 6.92 Å². The first-order valence-electron chi connectivity index (χ1n) is 5.11. The second-order valence-corrected chi connectivity index (χ2v) is 5.23. The summed E-state index contributed by atoms with van der Waals surface area (Å²) < 4.78 is 11.0. The van der Waals surface area contributed by atoms with E-state index in [4.69, 9.17) is 14.6 Å². The summed E-state index contributed by atoms with van der Waals surface area (Å²) in [7, 11) is 0. The summed E-state index contributed by atoms with van der Waals surface area (Å²) in [6, 6.07) is 3.25. The largest absolute Gasteiger partial charge is 0.477 e. The van der Waals surface area contributed by atoms with Gasteiger partial charge in [-0.05, 0) is 22.0 Å². The van der Waals surface area contributed by atoms with E-state index in [9.17, 15) is 4.79 Å². The monoisotopic (exact) mass is 301 g/mol. The Hall–Kier alpha value is -1.14. The highest BCUT2D eigenvalue weighted by atomic mass is 79.9. The average molecular weight is 302 g/mol. The van der Waals surface area contributed by atoms with E-state index >= 15 is 0 Å². The van der Waals surface area contributed by atoms with Gasteiger partial charge in [-0.25, -0.2) is 9.78 Å². The number of halogens is 1. The van der Waals surface area contributed by atoms with Crippen LogP contribution in [0.2, 0.25) is 0 Å². The van der Waals surface area contributed by atoms with Gasteiger partial charge in [0.15, 0.2) is 5.69 Å². The molecule has 0 aliphatic carbocycles. The molecule has 0 spiro atoms. The number of rotatable bonds is 4. The van der Waals surface area contributed by atoms with Gasteiger partial charge in [-0.3, -0.25) is 0 Å². The Morgan fingerprint density at radius 2 is 2.35 bits per heavy atom. The summed E-state index contributed by atoms with van der Waals surface area (Å²) in [5.74, 6) is -0.765. The van der Waals surface area contributed by atoms with Crippen LogP contribution in [-0.4, -0.2) is 35.9 Å². The molecule has 1 aliphatic heterocycles. The number of aromatic carboxylic acids is 1. The molecule has 0 radical (unpaired) electrons. The van der Waals surface area contributed by atoms with Crippen molar-refractivity contribution in [3.63, 3.8) is 0 Å². The SMILES string of the molecule is CC1(COc2ccc(Br)c(C(=O)O)n2)COC1. The molecule has 1 aliphatic rings. The molecule has 1 saturated heterocycles. The van der Waals surface area contributed by atoms with E-state index < -0.39 is 5.97 Å². The molecule has 0 aromatic carbocycles. The van der Waals surface area contributed by atoms with E-state index in [1.54, 1.807) is 12.1 Å². The fourth-order valence-electron chi connectivity index (χ4n) is 1.44. The van der Waals surface area contributed by atoms with Crippen molar-refractivity contribution >= 4 is 21.9 Å². The summed E-state index contributed by atoms with van der Waals surface area (Å²) in [6.07, 6.45) is 0. The van der Waals surface area contributed by atoms with Crippen LogP contribution in [0.25, 0.3) is 0 Å². The molecule has 92 valence electrons. The van der Waals surface area contributed by atoms with Crippen molar-refractivity contribution in [2.45, 2.75) is 6.92 Å². The number of carbonyl (C=O) groups is 1. The van der Waals surface area contributed by atoms with Crippen molar-refractivity contribution in [3.05, 3.63) is 22.3 Å². The fourth-order valence-corrected chi connectivity index (χ4v) is 1.83. The summed E-state index contributed by atoms with van der Waals surface area (Å²) in [4.78, 5) is 14.8. The van der Waals surface area contributed by atoms with Crippen LogP contribution in [0.5, 0.6) is 5.88 Å². The normalized spacial score (nSPS) is 17.3. The molecule has 5 nitrogen and oxygen atoms in total. The lowest BCUT2D eigenvalue weighted by Gasteiger charge is -2.37. The first kappa shape index (κ1) is 12.3. The molecule has 0 atom stereocenters. The van der Waals surface area contributed by atoms with Crippen LogP contribution in [0.1, 0.15) is 17.4 Å². The molecular formula is C11H12BrNO4. The van der Waals surface area contributed by atoms with Gasteiger partial charge in [-0.15, -0.1) is 0 Å². The molecule has 2 rings (SSSR count). The molecule has 1 aromatic heterocycles. The summed E-state index contributed by atoms with van der Waals surface area (Å²) >= 11 is 3.13. The van der Waals surface area contributed by atoms with Gasteiger partial charge in [0.25, 0.3) is 0 Å². The standard InChI is InChI=1S/C11H12BrNO4/c1-11(4-16-5-11)6-17-8-3-2-7(12)9(13-8)10(14)15/h2-3H,4-6H2,1H3,(H,14,15). The van der Waals surface area contributed by atoms with Gasteiger partial charge in [-0.2, -0.15) is 0 Å². The quantitative estimate of drug-likeness (QED) is 0.920. The Labute approximate surface area is 107 Å². The Bertz CT molecular complexity index is 445. The molecule has 1 N–H and O–H groups in total. The van der Waals surface area contributed by atoms with Crippen LogP contribution in [0.3, 0.4) is 0 Å². The number of aromatic nitrogens is 1. The third kappa shape index (κ3) is 2.76. The van der Waals surface area contributed by atoms with E-state index in [1.165, 1.54) is 0 Å². The second-order valence-electron chi connectivity index (χ2n) is 4.38. The highest BCUT2D eigenvalue weighted by molar-refractivity contribution is 9.10. The second kappa shape index (κ2) is 4.62. The maximum Gasteiger partial charge on any atom is 0.355 e. The zero-order valence-electron chi connectivity index (χ0n) is 9.27. The van der Waals surface area contributed by atoms with Crippen LogP contribution in [0.15, 0.2) is 16.6 Å². The van der Waals surface area contributed by atoms with E-state index in [2.05, 4.69) is 20.9 Å². The topological polar surface area (TPSA) is 68.7 Å². The smallest absolute Gasteiger partial charge is 0.355 e. The number of carboxylic acids is 1. The molecule has 1 fully saturated rings. The van der Waals surface area contributed by atoms with Gasteiger partial charge < -0.3 is 14.6 Å². The third-order valence-electron chi connectivity index (χ3n) is 2.49. The van der Waals surface area contributed by atoms with Crippen molar-refractivity contribution in [1.82, 2.24) is 4.98 Å². The first-order valence-corrected chi connectivity index (χ1v) is 5.90. The zero-order valence-corrected chi connectivity index (χ0v) is 10.9. The molecule has 2 heterocycles. The lowest BCUT2D eigenvalue weighted by Crippen LogP contribution is -2.44. The van der Waals surface area contributed by atoms with Crippen LogP contribution in [0, 0.1) is 5.41 Å². The Morgan fingerprint density at radius 1 is 1.65 bits per heavy atom. The molecular weight excluding hydrogens is 290 g/mol. The number of carboxylic acid groups (broad SMARTS) is 1. The van der Waals surface area contributed by atoms with Crippen molar-refractivity contribution in [3.8, 4) is 5.88 Å². The van der Waals surface area contributed by atoms with Crippen LogP contribution >= 0.6 is 15.9 Å². The van der Waals surface area contributed by atoms with Crippen molar-refractivity contribution in [2.24, 2.45) is 5.41 Å². The fraction of sp³-hybridized carbons (Fsp3) is 0.455. The number of hydrogen-bond acceptors (Lipinski definition) is 4. The Kier molecular flexibility index (Phi) is 3.35. The minimum absolute atomic E-state index is 0.0120. The highest BCUT2D eigenvalue weighted by Crippen LogP contribution is 2.27. The molecule has 6 heteroatoms. The number of hydrogen-bond donors (Lipinski definition) is 1. The summed E-state index contributed by atoms with van der Waals surface area (Å²) in [5, 5.41) is 8.91. The average Bonchev–Trinajstić information content (AvgIpc) is 2.25. The van der Waals surface area contributed by atoms with E-state index in [0.29, 0.717) is 30.2 Å². The van der Waals surface area contributed by atoms with Gasteiger partial charge >= 0.3 is 5.97 Å². The summed E-state index contributed by atoms with van der Waals surface area (Å²) in [6.45, 7) is 3.85. The molecule has 0 amide bonds. The first-order chi connectivity index (χ1) is 8.00. The molecule has 1 aromatic rings. The third-order valence-corrected chi connectivity index (χ3v) is 3.13. The minimum atomic E-state index is -1.08. The molecule has 0 saturated carbocycles. The number of ether oxygens (including phenoxy) is 2. The summed E-state index contributed by atoms with van der Waals surface area (Å²) in [5.41, 5.74) is -0.0319.